The topological polar surface area (TPSA) is 61.6 Å². The van der Waals surface area contributed by atoms with Crippen molar-refractivity contribution in [1.82, 2.24) is 0 Å². The van der Waals surface area contributed by atoms with Crippen LogP contribution in [0, 0.1) is 5.92 Å². The van der Waals surface area contributed by atoms with Gasteiger partial charge in [-0.3, -0.25) is 4.79 Å². The Morgan fingerprint density at radius 2 is 1.83 bits per heavy atom. The molecule has 1 unspecified atom stereocenters. The Balaban J connectivity index is 2.29. The van der Waals surface area contributed by atoms with E-state index in [9.17, 15) is 4.79 Å². The molecule has 1 aliphatic rings. The number of hydrogen-bond donors (Lipinski definition) is 1. The fourth-order valence-electron chi connectivity index (χ4n) is 2.13. The van der Waals surface area contributed by atoms with Crippen molar-refractivity contribution < 1.29 is 14.3 Å². The standard InChI is InChI=1S/C14H19NO3/c1-17-11-6-10(7-12(8-11)18-2)13(14(15)16)5-9-3-4-9/h6-9,13H,3-5H2,1-2H3,(H2,15,16). The van der Waals surface area contributed by atoms with E-state index in [1.54, 1.807) is 20.3 Å². The second-order valence-electron chi connectivity index (χ2n) is 4.78. The third-order valence-electron chi connectivity index (χ3n) is 3.39. The number of ether oxygens (including phenoxy) is 2. The number of hydrogen-bond acceptors (Lipinski definition) is 3. The highest BCUT2D eigenvalue weighted by Crippen LogP contribution is 2.39. The van der Waals surface area contributed by atoms with Crippen molar-refractivity contribution in [3.63, 3.8) is 0 Å². The van der Waals surface area contributed by atoms with Crippen LogP contribution in [0.15, 0.2) is 18.2 Å². The van der Waals surface area contributed by atoms with Crippen molar-refractivity contribution in [3.05, 3.63) is 23.8 Å². The van der Waals surface area contributed by atoms with E-state index in [4.69, 9.17) is 15.2 Å². The molecule has 2 N–H and O–H groups in total. The molecule has 1 aliphatic carbocycles. The predicted molar refractivity (Wildman–Crippen MR) is 68.8 cm³/mol. The quantitative estimate of drug-likeness (QED) is 0.839. The Bertz CT molecular complexity index is 418. The second-order valence-corrected chi connectivity index (χ2v) is 4.78. The molecule has 0 heterocycles. The van der Waals surface area contributed by atoms with Crippen molar-refractivity contribution in [3.8, 4) is 11.5 Å². The normalized spacial score (nSPS) is 16.1. The van der Waals surface area contributed by atoms with Crippen molar-refractivity contribution in [2.24, 2.45) is 11.7 Å². The molecule has 0 aliphatic heterocycles. The lowest BCUT2D eigenvalue weighted by Gasteiger charge is -2.15. The third kappa shape index (κ3) is 2.94. The first-order chi connectivity index (χ1) is 8.63. The lowest BCUT2D eigenvalue weighted by molar-refractivity contribution is -0.119. The molecule has 4 heteroatoms. The van der Waals surface area contributed by atoms with Crippen LogP contribution in [-0.2, 0) is 4.79 Å². The summed E-state index contributed by atoms with van der Waals surface area (Å²) in [7, 11) is 3.19. The zero-order valence-corrected chi connectivity index (χ0v) is 10.8. The van der Waals surface area contributed by atoms with Crippen LogP contribution in [0.4, 0.5) is 0 Å². The van der Waals surface area contributed by atoms with Gasteiger partial charge < -0.3 is 15.2 Å². The number of nitrogens with two attached hydrogens (primary N) is 1. The summed E-state index contributed by atoms with van der Waals surface area (Å²) in [6.45, 7) is 0. The first kappa shape index (κ1) is 12.7. The smallest absolute Gasteiger partial charge is 0.224 e. The van der Waals surface area contributed by atoms with Gasteiger partial charge >= 0.3 is 0 Å². The van der Waals surface area contributed by atoms with E-state index in [-0.39, 0.29) is 11.8 Å². The van der Waals surface area contributed by atoms with Gasteiger partial charge in [0, 0.05) is 6.07 Å². The summed E-state index contributed by atoms with van der Waals surface area (Å²) >= 11 is 0. The Labute approximate surface area is 107 Å². The van der Waals surface area contributed by atoms with Crippen LogP contribution in [0.3, 0.4) is 0 Å². The number of carbonyl (C=O) groups is 1. The van der Waals surface area contributed by atoms with Crippen LogP contribution in [0.1, 0.15) is 30.7 Å². The minimum atomic E-state index is -0.280. The van der Waals surface area contributed by atoms with Crippen LogP contribution < -0.4 is 15.2 Å². The Kier molecular flexibility index (Phi) is 3.75. The molecule has 1 amide bonds. The maximum Gasteiger partial charge on any atom is 0.224 e. The fraction of sp³-hybridized carbons (Fsp3) is 0.500. The van der Waals surface area contributed by atoms with Gasteiger partial charge in [0.15, 0.2) is 0 Å². The van der Waals surface area contributed by atoms with Gasteiger partial charge in [-0.2, -0.15) is 0 Å². The molecule has 0 saturated heterocycles. The van der Waals surface area contributed by atoms with Gasteiger partial charge in [-0.15, -0.1) is 0 Å². The number of amides is 1. The monoisotopic (exact) mass is 249 g/mol. The molecule has 1 aromatic rings. The zero-order chi connectivity index (χ0) is 13.1. The number of benzene rings is 1. The summed E-state index contributed by atoms with van der Waals surface area (Å²) in [5, 5.41) is 0. The highest BCUT2D eigenvalue weighted by Gasteiger charge is 2.29. The molecule has 0 aromatic heterocycles. The van der Waals surface area contributed by atoms with Crippen molar-refractivity contribution in [2.45, 2.75) is 25.2 Å². The summed E-state index contributed by atoms with van der Waals surface area (Å²) in [5.74, 6) is 1.48. The minimum Gasteiger partial charge on any atom is -0.497 e. The van der Waals surface area contributed by atoms with Crippen molar-refractivity contribution in [2.75, 3.05) is 14.2 Å². The van der Waals surface area contributed by atoms with E-state index in [0.29, 0.717) is 17.4 Å². The number of rotatable bonds is 6. The van der Waals surface area contributed by atoms with Gasteiger partial charge in [0.1, 0.15) is 11.5 Å². The Morgan fingerprint density at radius 1 is 1.28 bits per heavy atom. The first-order valence-corrected chi connectivity index (χ1v) is 6.16. The van der Waals surface area contributed by atoms with E-state index < -0.39 is 0 Å². The summed E-state index contributed by atoms with van der Waals surface area (Å²) < 4.78 is 10.4. The maximum absolute atomic E-state index is 11.6. The zero-order valence-electron chi connectivity index (χ0n) is 10.8. The molecule has 2 rings (SSSR count). The van der Waals surface area contributed by atoms with E-state index in [2.05, 4.69) is 0 Å². The van der Waals surface area contributed by atoms with Gasteiger partial charge in [-0.25, -0.2) is 0 Å². The molecule has 1 atom stereocenters. The second kappa shape index (κ2) is 5.29. The molecule has 0 radical (unpaired) electrons. The summed E-state index contributed by atoms with van der Waals surface area (Å²) in [5.41, 5.74) is 6.39. The third-order valence-corrected chi connectivity index (χ3v) is 3.39. The summed E-state index contributed by atoms with van der Waals surface area (Å²) in [4.78, 5) is 11.6. The lowest BCUT2D eigenvalue weighted by atomic mass is 9.92. The average molecular weight is 249 g/mol. The van der Waals surface area contributed by atoms with Gasteiger partial charge in [-0.1, -0.05) is 12.8 Å². The van der Waals surface area contributed by atoms with Gasteiger partial charge in [0.2, 0.25) is 5.91 Å². The minimum absolute atomic E-state index is 0.249. The fourth-order valence-corrected chi connectivity index (χ4v) is 2.13. The summed E-state index contributed by atoms with van der Waals surface area (Å²) in [6.07, 6.45) is 3.22. The maximum atomic E-state index is 11.6. The highest BCUT2D eigenvalue weighted by molar-refractivity contribution is 5.82. The highest BCUT2D eigenvalue weighted by atomic mass is 16.5. The molecule has 1 fully saturated rings. The number of primary amides is 1. The van der Waals surface area contributed by atoms with Crippen LogP contribution in [0.25, 0.3) is 0 Å². The van der Waals surface area contributed by atoms with Crippen molar-refractivity contribution in [1.29, 1.82) is 0 Å². The van der Waals surface area contributed by atoms with E-state index in [0.717, 1.165) is 12.0 Å². The van der Waals surface area contributed by atoms with Crippen molar-refractivity contribution >= 4 is 5.91 Å². The molecule has 18 heavy (non-hydrogen) atoms. The number of methoxy groups -OCH3 is 2. The molecule has 0 spiro atoms. The van der Waals surface area contributed by atoms with Gasteiger partial charge in [-0.05, 0) is 30.0 Å². The van der Waals surface area contributed by atoms with Crippen LogP contribution in [0.5, 0.6) is 11.5 Å². The van der Waals surface area contributed by atoms with E-state index in [1.165, 1.54) is 12.8 Å². The molecule has 0 bridgehead atoms. The molecule has 1 saturated carbocycles. The molecular formula is C14H19NO3. The van der Waals surface area contributed by atoms with Gasteiger partial charge in [0.25, 0.3) is 0 Å². The molecule has 98 valence electrons. The van der Waals surface area contributed by atoms with Crippen LogP contribution in [0.2, 0.25) is 0 Å². The largest absolute Gasteiger partial charge is 0.497 e. The Hall–Kier alpha value is -1.71. The molecular weight excluding hydrogens is 230 g/mol. The Morgan fingerprint density at radius 3 is 2.22 bits per heavy atom. The summed E-state index contributed by atoms with van der Waals surface area (Å²) in [6, 6.07) is 5.51. The number of carbonyl (C=O) groups excluding carboxylic acids is 1. The van der Waals surface area contributed by atoms with Crippen LogP contribution >= 0.6 is 0 Å². The molecule has 4 nitrogen and oxygen atoms in total. The first-order valence-electron chi connectivity index (χ1n) is 6.16. The molecule has 1 aromatic carbocycles. The SMILES string of the molecule is COc1cc(OC)cc(C(CC2CC2)C(N)=O)c1. The average Bonchev–Trinajstić information content (AvgIpc) is 3.18. The predicted octanol–water partition coefficient (Wildman–Crippen LogP) is 2.07. The van der Waals surface area contributed by atoms with Crippen LogP contribution in [-0.4, -0.2) is 20.1 Å². The van der Waals surface area contributed by atoms with Gasteiger partial charge in [0.05, 0.1) is 20.1 Å². The lowest BCUT2D eigenvalue weighted by Crippen LogP contribution is -2.22. The van der Waals surface area contributed by atoms with E-state index in [1.807, 2.05) is 12.1 Å². The van der Waals surface area contributed by atoms with E-state index >= 15 is 0 Å².